The molecule has 0 saturated carbocycles. The van der Waals surface area contributed by atoms with Crippen molar-refractivity contribution in [2.45, 2.75) is 123 Å². The number of hydrogen-bond donors (Lipinski definition) is 0. The van der Waals surface area contributed by atoms with E-state index in [-0.39, 0.29) is 13.2 Å². The smallest absolute Gasteiger partial charge is 0.267 e. The molecule has 0 bridgehead atoms. The maximum atomic E-state index is 11.9. The number of aromatic nitrogens is 1. The number of aryl methyl sites for hydroxylation is 1. The molecule has 0 aromatic carbocycles. The summed E-state index contributed by atoms with van der Waals surface area (Å²) in [5.41, 5.74) is 3.16. The average molecular weight is 490 g/mol. The summed E-state index contributed by atoms with van der Waals surface area (Å²) in [7, 11) is -2.20. The van der Waals surface area contributed by atoms with Gasteiger partial charge in [-0.05, 0) is 6.42 Å². The number of thiazole rings is 1. The van der Waals surface area contributed by atoms with Crippen molar-refractivity contribution in [3.63, 3.8) is 0 Å². The Morgan fingerprint density at radius 1 is 0.812 bits per heavy atom. The highest BCUT2D eigenvalue weighted by Gasteiger charge is 2.14. The van der Waals surface area contributed by atoms with Gasteiger partial charge < -0.3 is 13.9 Å². The summed E-state index contributed by atoms with van der Waals surface area (Å²) in [6.07, 6.45) is 21.4. The van der Waals surface area contributed by atoms with Gasteiger partial charge in [0.15, 0.2) is 5.69 Å². The van der Waals surface area contributed by atoms with E-state index in [1.165, 1.54) is 83.5 Å². The number of phosphoric ester groups is 1. The lowest BCUT2D eigenvalue weighted by molar-refractivity contribution is -0.673. The Kier molecular flexibility index (Phi) is 17.8. The predicted molar refractivity (Wildman–Crippen MR) is 133 cm³/mol. The van der Waals surface area contributed by atoms with Gasteiger partial charge >= 0.3 is 0 Å². The van der Waals surface area contributed by atoms with E-state index >= 15 is 0 Å². The summed E-state index contributed by atoms with van der Waals surface area (Å²) < 4.78 is 23.9. The second kappa shape index (κ2) is 19.1. The number of rotatable bonds is 22. The maximum absolute atomic E-state index is 11.9. The van der Waals surface area contributed by atoms with Gasteiger partial charge in [0.1, 0.15) is 7.05 Å². The molecule has 0 saturated heterocycles. The van der Waals surface area contributed by atoms with E-state index in [2.05, 4.69) is 6.92 Å². The fraction of sp³-hybridized carbons (Fsp3) is 0.880. The van der Waals surface area contributed by atoms with Gasteiger partial charge in [-0.2, -0.15) is 4.57 Å². The van der Waals surface area contributed by atoms with Crippen molar-refractivity contribution in [3.05, 3.63) is 16.1 Å². The van der Waals surface area contributed by atoms with E-state index in [0.29, 0.717) is 6.42 Å². The third-order valence-corrected chi connectivity index (χ3v) is 8.31. The standard InChI is InChI=1S/C25H48NO4PS/c1-4-5-6-7-8-9-10-11-12-13-14-15-16-17-18-19-21-29-31(27,28)30-22-20-25-24(2)26(3)23-32-25/h23H,4-22H2,1-3H3. The Morgan fingerprint density at radius 2 is 1.25 bits per heavy atom. The van der Waals surface area contributed by atoms with Crippen LogP contribution in [0.4, 0.5) is 0 Å². The Balaban J connectivity index is 1.84. The first-order chi connectivity index (χ1) is 15.5. The second-order valence-electron chi connectivity index (χ2n) is 9.01. The first kappa shape index (κ1) is 29.8. The van der Waals surface area contributed by atoms with Gasteiger partial charge in [0.05, 0.1) is 18.1 Å². The summed E-state index contributed by atoms with van der Waals surface area (Å²) in [6.45, 7) is 4.66. The Bertz CT molecular complexity index is 623. The van der Waals surface area contributed by atoms with Crippen molar-refractivity contribution < 1.29 is 23.1 Å². The fourth-order valence-electron chi connectivity index (χ4n) is 3.86. The highest BCUT2D eigenvalue weighted by Crippen LogP contribution is 2.38. The largest absolute Gasteiger partial charge is 0.756 e. The SMILES string of the molecule is CCCCCCCCCCCCCCCCCCOP(=O)([O-])OCCc1sc[n+](C)c1C. The summed E-state index contributed by atoms with van der Waals surface area (Å²) in [4.78, 5) is 13.0. The van der Waals surface area contributed by atoms with Crippen molar-refractivity contribution in [2.24, 2.45) is 7.05 Å². The van der Waals surface area contributed by atoms with Crippen molar-refractivity contribution in [1.29, 1.82) is 0 Å². The normalized spacial score (nSPS) is 13.5. The van der Waals surface area contributed by atoms with Crippen LogP contribution in [0.25, 0.3) is 0 Å². The highest BCUT2D eigenvalue weighted by atomic mass is 32.1. The van der Waals surface area contributed by atoms with E-state index in [9.17, 15) is 9.46 Å². The minimum absolute atomic E-state index is 0.140. The first-order valence-corrected chi connectivity index (χ1v) is 15.3. The molecule has 0 amide bonds. The van der Waals surface area contributed by atoms with Crippen LogP contribution in [0, 0.1) is 6.92 Å². The summed E-state index contributed by atoms with van der Waals surface area (Å²) in [5.74, 6) is 0. The molecule has 0 aliphatic carbocycles. The van der Waals surface area contributed by atoms with Crippen LogP contribution in [-0.4, -0.2) is 13.2 Å². The molecule has 0 aliphatic rings. The molecule has 0 radical (unpaired) electrons. The zero-order valence-electron chi connectivity index (χ0n) is 20.9. The second-order valence-corrected chi connectivity index (χ2v) is 11.4. The topological polar surface area (TPSA) is 62.5 Å². The zero-order chi connectivity index (χ0) is 23.5. The van der Waals surface area contributed by atoms with Crippen LogP contribution in [0.2, 0.25) is 0 Å². The lowest BCUT2D eigenvalue weighted by Gasteiger charge is -2.22. The van der Waals surface area contributed by atoms with Crippen LogP contribution in [-0.2, 0) is 27.1 Å². The molecule has 188 valence electrons. The molecule has 0 fully saturated rings. The van der Waals surface area contributed by atoms with E-state index in [4.69, 9.17) is 9.05 Å². The molecular formula is C25H48NO4PS. The van der Waals surface area contributed by atoms with Crippen LogP contribution in [0.15, 0.2) is 5.51 Å². The van der Waals surface area contributed by atoms with Crippen molar-refractivity contribution in [3.8, 4) is 0 Å². The number of hydrogen-bond acceptors (Lipinski definition) is 5. The molecule has 7 heteroatoms. The number of nitrogens with zero attached hydrogens (tertiary/aromatic N) is 1. The van der Waals surface area contributed by atoms with E-state index in [0.717, 1.165) is 29.8 Å². The molecule has 1 heterocycles. The average Bonchev–Trinajstić information content (AvgIpc) is 3.08. The van der Waals surface area contributed by atoms with Gasteiger partial charge in [-0.15, -0.1) is 0 Å². The Labute approximate surface area is 201 Å². The van der Waals surface area contributed by atoms with Gasteiger partial charge in [0.2, 0.25) is 5.51 Å². The quantitative estimate of drug-likeness (QED) is 0.0982. The summed E-state index contributed by atoms with van der Waals surface area (Å²) >= 11 is 1.62. The molecule has 1 aromatic rings. The van der Waals surface area contributed by atoms with Crippen LogP contribution in [0.3, 0.4) is 0 Å². The van der Waals surface area contributed by atoms with Crippen molar-refractivity contribution >= 4 is 19.2 Å². The van der Waals surface area contributed by atoms with Crippen LogP contribution < -0.4 is 9.46 Å². The minimum atomic E-state index is -4.18. The monoisotopic (exact) mass is 489 g/mol. The molecule has 1 unspecified atom stereocenters. The summed E-state index contributed by atoms with van der Waals surface area (Å²) in [5, 5.41) is 0. The first-order valence-electron chi connectivity index (χ1n) is 13.0. The van der Waals surface area contributed by atoms with E-state index in [1.54, 1.807) is 11.3 Å². The zero-order valence-corrected chi connectivity index (χ0v) is 22.7. The van der Waals surface area contributed by atoms with Crippen molar-refractivity contribution in [2.75, 3.05) is 13.2 Å². The maximum Gasteiger partial charge on any atom is 0.267 e. The Hall–Kier alpha value is -0.260. The van der Waals surface area contributed by atoms with Gasteiger partial charge in [-0.3, -0.25) is 4.57 Å². The summed E-state index contributed by atoms with van der Waals surface area (Å²) in [6, 6.07) is 0. The van der Waals surface area contributed by atoms with E-state index in [1.807, 2.05) is 24.0 Å². The number of unbranched alkanes of at least 4 members (excludes halogenated alkanes) is 15. The van der Waals surface area contributed by atoms with Gasteiger partial charge in [0, 0.05) is 13.3 Å². The highest BCUT2D eigenvalue weighted by molar-refractivity contribution is 7.45. The van der Waals surface area contributed by atoms with Crippen LogP contribution >= 0.6 is 19.2 Å². The predicted octanol–water partition coefficient (Wildman–Crippen LogP) is 7.19. The van der Waals surface area contributed by atoms with Gasteiger partial charge in [0.25, 0.3) is 7.82 Å². The molecule has 32 heavy (non-hydrogen) atoms. The molecule has 5 nitrogen and oxygen atoms in total. The minimum Gasteiger partial charge on any atom is -0.756 e. The van der Waals surface area contributed by atoms with E-state index < -0.39 is 7.82 Å². The fourth-order valence-corrected chi connectivity index (χ4v) is 5.56. The number of phosphoric acid groups is 1. The molecule has 1 atom stereocenters. The lowest BCUT2D eigenvalue weighted by atomic mass is 10.0. The molecule has 0 N–H and O–H groups in total. The third kappa shape index (κ3) is 15.6. The van der Waals surface area contributed by atoms with Gasteiger partial charge in [-0.25, -0.2) is 0 Å². The molecule has 0 aliphatic heterocycles. The Morgan fingerprint density at radius 3 is 1.69 bits per heavy atom. The lowest BCUT2D eigenvalue weighted by Crippen LogP contribution is -2.28. The van der Waals surface area contributed by atoms with Crippen LogP contribution in [0.1, 0.15) is 120 Å². The molecule has 1 aromatic heterocycles. The third-order valence-electron chi connectivity index (χ3n) is 6.11. The molecular weight excluding hydrogens is 441 g/mol. The molecule has 0 spiro atoms. The van der Waals surface area contributed by atoms with Gasteiger partial charge in [-0.1, -0.05) is 115 Å². The van der Waals surface area contributed by atoms with Crippen LogP contribution in [0.5, 0.6) is 0 Å². The molecule has 1 rings (SSSR count). The van der Waals surface area contributed by atoms with Crippen molar-refractivity contribution in [1.82, 2.24) is 0 Å².